The number of benzene rings is 1. The van der Waals surface area contributed by atoms with Crippen LogP contribution in [0.4, 0.5) is 0 Å². The summed E-state index contributed by atoms with van der Waals surface area (Å²) in [6.45, 7) is 5.73. The molecule has 1 fully saturated rings. The number of piperidine rings is 1. The summed E-state index contributed by atoms with van der Waals surface area (Å²) >= 11 is 0. The zero-order valence-electron chi connectivity index (χ0n) is 12.6. The molecule has 0 saturated carbocycles. The first kappa shape index (κ1) is 17.6. The summed E-state index contributed by atoms with van der Waals surface area (Å²) in [4.78, 5) is 11.7. The molecule has 3 heteroatoms. The Morgan fingerprint density at radius 1 is 1.20 bits per heavy atom. The van der Waals surface area contributed by atoms with Crippen molar-refractivity contribution in [2.24, 2.45) is 0 Å². The highest BCUT2D eigenvalue weighted by atomic mass is 127. The summed E-state index contributed by atoms with van der Waals surface area (Å²) in [6, 6.07) is 10.3. The highest BCUT2D eigenvalue weighted by Gasteiger charge is 2.41. The second-order valence-electron chi connectivity index (χ2n) is 6.28. The minimum atomic E-state index is -0.231. The molecule has 2 nitrogen and oxygen atoms in total. The molecular weight excluding hydrogens is 361 g/mol. The van der Waals surface area contributed by atoms with Crippen LogP contribution in [-0.4, -0.2) is 37.5 Å². The molecule has 112 valence electrons. The van der Waals surface area contributed by atoms with Gasteiger partial charge in [-0.1, -0.05) is 43.7 Å². The van der Waals surface area contributed by atoms with Crippen LogP contribution in [0.15, 0.2) is 30.3 Å². The van der Waals surface area contributed by atoms with Gasteiger partial charge < -0.3 is 33.3 Å². The molecule has 1 heterocycles. The predicted octanol–water partition coefficient (Wildman–Crippen LogP) is 0.168. The van der Waals surface area contributed by atoms with Gasteiger partial charge in [-0.05, 0) is 12.0 Å². The van der Waals surface area contributed by atoms with E-state index in [1.54, 1.807) is 0 Å². The molecule has 20 heavy (non-hydrogen) atoms. The molecule has 0 unspecified atom stereocenters. The molecule has 1 aromatic carbocycles. The molecule has 0 bridgehead atoms. The van der Waals surface area contributed by atoms with E-state index >= 15 is 0 Å². The molecule has 1 aliphatic rings. The number of hydrogen-bond acceptors (Lipinski definition) is 1. The lowest BCUT2D eigenvalue weighted by Gasteiger charge is -2.44. The number of quaternary nitrogens is 1. The van der Waals surface area contributed by atoms with Gasteiger partial charge in [-0.25, -0.2) is 0 Å². The summed E-state index contributed by atoms with van der Waals surface area (Å²) in [7, 11) is 2.34. The average molecular weight is 387 g/mol. The number of carbonyl (C=O) groups excluding carboxylic acids is 1. The lowest BCUT2D eigenvalue weighted by molar-refractivity contribution is -0.915. The lowest BCUT2D eigenvalue weighted by atomic mass is 9.73. The normalized spacial score (nSPS) is 29.5. The Bertz CT molecular complexity index is 410. The Labute approximate surface area is 140 Å². The fourth-order valence-corrected chi connectivity index (χ4v) is 3.18. The van der Waals surface area contributed by atoms with Crippen molar-refractivity contribution in [3.05, 3.63) is 35.9 Å². The van der Waals surface area contributed by atoms with E-state index in [1.807, 2.05) is 18.2 Å². The molecule has 1 saturated heterocycles. The second kappa shape index (κ2) is 7.55. The number of rotatable bonds is 5. The zero-order valence-corrected chi connectivity index (χ0v) is 14.8. The number of carbonyl (C=O) groups is 1. The van der Waals surface area contributed by atoms with Crippen LogP contribution in [0.5, 0.6) is 0 Å². The van der Waals surface area contributed by atoms with E-state index in [1.165, 1.54) is 31.2 Å². The monoisotopic (exact) mass is 387 g/mol. The van der Waals surface area contributed by atoms with Crippen molar-refractivity contribution >= 4 is 6.29 Å². The van der Waals surface area contributed by atoms with Gasteiger partial charge in [-0.2, -0.15) is 0 Å². The first-order chi connectivity index (χ1) is 9.14. The fourth-order valence-electron chi connectivity index (χ4n) is 3.18. The molecule has 0 amide bonds. The van der Waals surface area contributed by atoms with E-state index in [9.17, 15) is 4.79 Å². The number of nitrogens with zero attached hydrogens (tertiary/aromatic N) is 1. The molecule has 1 aromatic rings. The molecule has 0 N–H and O–H groups in total. The van der Waals surface area contributed by atoms with Gasteiger partial charge in [0.15, 0.2) is 0 Å². The first-order valence-corrected chi connectivity index (χ1v) is 7.50. The van der Waals surface area contributed by atoms with E-state index in [0.717, 1.165) is 30.4 Å². The molecule has 2 rings (SSSR count). The first-order valence-electron chi connectivity index (χ1n) is 7.50. The molecular formula is C17H26INO. The third-order valence-corrected chi connectivity index (χ3v) is 4.82. The van der Waals surface area contributed by atoms with Crippen molar-refractivity contribution in [3.63, 3.8) is 0 Å². The highest BCUT2D eigenvalue weighted by molar-refractivity contribution is 5.68. The Morgan fingerprint density at radius 2 is 1.80 bits per heavy atom. The smallest absolute Gasteiger partial charge is 0.130 e. The highest BCUT2D eigenvalue weighted by Crippen LogP contribution is 2.35. The van der Waals surface area contributed by atoms with Gasteiger partial charge >= 0.3 is 0 Å². The summed E-state index contributed by atoms with van der Waals surface area (Å²) < 4.78 is 1.14. The Morgan fingerprint density at radius 3 is 2.30 bits per heavy atom. The predicted molar refractivity (Wildman–Crippen MR) is 79.1 cm³/mol. The van der Waals surface area contributed by atoms with Gasteiger partial charge in [0.1, 0.15) is 6.29 Å². The van der Waals surface area contributed by atoms with Crippen LogP contribution in [0.1, 0.15) is 38.2 Å². The van der Waals surface area contributed by atoms with Crippen LogP contribution >= 0.6 is 0 Å². The van der Waals surface area contributed by atoms with Gasteiger partial charge in [-0.15, -0.1) is 0 Å². The van der Waals surface area contributed by atoms with Crippen molar-refractivity contribution in [1.29, 1.82) is 0 Å². The molecule has 0 spiro atoms. The molecule has 0 aliphatic carbocycles. The van der Waals surface area contributed by atoms with Crippen LogP contribution in [0, 0.1) is 0 Å². The third-order valence-electron chi connectivity index (χ3n) is 4.82. The third kappa shape index (κ3) is 3.82. The number of halogens is 1. The van der Waals surface area contributed by atoms with E-state index < -0.39 is 0 Å². The topological polar surface area (TPSA) is 17.1 Å². The number of aldehydes is 1. The van der Waals surface area contributed by atoms with Crippen molar-refractivity contribution in [2.75, 3.05) is 26.7 Å². The Balaban J connectivity index is 0.00000200. The maximum absolute atomic E-state index is 11.7. The molecule has 0 radical (unpaired) electrons. The zero-order chi connectivity index (χ0) is 13.8. The summed E-state index contributed by atoms with van der Waals surface area (Å²) in [5.74, 6) is 0. The fraction of sp³-hybridized carbons (Fsp3) is 0.588. The minimum absolute atomic E-state index is 0. The summed E-state index contributed by atoms with van der Waals surface area (Å²) in [6.07, 6.45) is 5.72. The Hall–Kier alpha value is -0.420. The van der Waals surface area contributed by atoms with Gasteiger partial charge in [0.2, 0.25) is 0 Å². The van der Waals surface area contributed by atoms with E-state index in [0.29, 0.717) is 0 Å². The van der Waals surface area contributed by atoms with Crippen LogP contribution in [0.2, 0.25) is 0 Å². The van der Waals surface area contributed by atoms with E-state index in [2.05, 4.69) is 26.1 Å². The SMILES string of the molecule is CCCC[N+]1(C)CCC(C=O)(c2ccccc2)CC1.[I-]. The van der Waals surface area contributed by atoms with Crippen molar-refractivity contribution < 1.29 is 33.3 Å². The summed E-state index contributed by atoms with van der Waals surface area (Å²) in [5, 5.41) is 0. The largest absolute Gasteiger partial charge is 1.00 e. The van der Waals surface area contributed by atoms with E-state index in [4.69, 9.17) is 0 Å². The number of hydrogen-bond donors (Lipinski definition) is 0. The number of unbranched alkanes of at least 4 members (excludes halogenated alkanes) is 1. The maximum atomic E-state index is 11.7. The average Bonchev–Trinajstić information content (AvgIpc) is 2.47. The minimum Gasteiger partial charge on any atom is -1.00 e. The van der Waals surface area contributed by atoms with Gasteiger partial charge in [0, 0.05) is 12.8 Å². The molecule has 0 atom stereocenters. The van der Waals surface area contributed by atoms with Crippen molar-refractivity contribution in [2.45, 2.75) is 38.0 Å². The number of likely N-dealkylation sites (tertiary alicyclic amines) is 1. The van der Waals surface area contributed by atoms with Gasteiger partial charge in [0.05, 0.1) is 32.1 Å². The summed E-state index contributed by atoms with van der Waals surface area (Å²) in [5.41, 5.74) is 0.970. The van der Waals surface area contributed by atoms with Gasteiger partial charge in [0.25, 0.3) is 0 Å². The van der Waals surface area contributed by atoms with Crippen molar-refractivity contribution in [1.82, 2.24) is 0 Å². The van der Waals surface area contributed by atoms with Crippen LogP contribution in [-0.2, 0) is 10.2 Å². The van der Waals surface area contributed by atoms with Crippen molar-refractivity contribution in [3.8, 4) is 0 Å². The quantitative estimate of drug-likeness (QED) is 0.400. The molecule has 0 aromatic heterocycles. The van der Waals surface area contributed by atoms with Crippen LogP contribution < -0.4 is 24.0 Å². The van der Waals surface area contributed by atoms with E-state index in [-0.39, 0.29) is 29.4 Å². The Kier molecular flexibility index (Phi) is 6.65. The molecule has 1 aliphatic heterocycles. The second-order valence-corrected chi connectivity index (χ2v) is 6.28. The van der Waals surface area contributed by atoms with Gasteiger partial charge in [-0.3, -0.25) is 0 Å². The standard InChI is InChI=1S/C17H26NO.HI/c1-3-4-12-18(2)13-10-17(15-19,11-14-18)16-8-6-5-7-9-16;/h5-9,15H,3-4,10-14H2,1-2H3;1H/q+1;/p-1. The van der Waals surface area contributed by atoms with Crippen LogP contribution in [0.25, 0.3) is 0 Å². The lowest BCUT2D eigenvalue weighted by Crippen LogP contribution is -3.00. The maximum Gasteiger partial charge on any atom is 0.130 e. The van der Waals surface area contributed by atoms with Crippen LogP contribution in [0.3, 0.4) is 0 Å².